The first-order valence-electron chi connectivity index (χ1n) is 5.47. The van der Waals surface area contributed by atoms with Crippen LogP contribution in [0.2, 0.25) is 0 Å². The highest BCUT2D eigenvalue weighted by Gasteiger charge is 2.51. The average Bonchev–Trinajstić information content (AvgIpc) is 2.71. The number of carbonyl (C=O) groups excluding carboxylic acids is 3. The number of hydrogen-bond acceptors (Lipinski definition) is 3. The molecule has 0 bridgehead atoms. The third-order valence-electron chi connectivity index (χ3n) is 3.35. The Balaban J connectivity index is 2.42. The van der Waals surface area contributed by atoms with Gasteiger partial charge in [0.1, 0.15) is 5.41 Å². The predicted octanol–water partition coefficient (Wildman–Crippen LogP) is 0.859. The third kappa shape index (κ3) is 1.35. The van der Waals surface area contributed by atoms with Crippen molar-refractivity contribution in [2.75, 3.05) is 0 Å². The summed E-state index contributed by atoms with van der Waals surface area (Å²) in [7, 11) is 0. The molecule has 0 radical (unpaired) electrons. The molecular formula is C11H14N2O3. The lowest BCUT2D eigenvalue weighted by atomic mass is 9.74. The van der Waals surface area contributed by atoms with Gasteiger partial charge in [-0.3, -0.25) is 20.2 Å². The molecule has 0 aromatic heterocycles. The highest BCUT2D eigenvalue weighted by Crippen LogP contribution is 2.39. The van der Waals surface area contributed by atoms with E-state index in [2.05, 4.69) is 10.6 Å². The molecule has 1 aliphatic carbocycles. The molecular weight excluding hydrogens is 208 g/mol. The van der Waals surface area contributed by atoms with E-state index in [1.54, 1.807) is 6.92 Å². The molecule has 5 heteroatoms. The van der Waals surface area contributed by atoms with Gasteiger partial charge in [-0.1, -0.05) is 13.0 Å². The summed E-state index contributed by atoms with van der Waals surface area (Å²) < 4.78 is 0. The van der Waals surface area contributed by atoms with Crippen LogP contribution < -0.4 is 10.6 Å². The van der Waals surface area contributed by atoms with Crippen molar-refractivity contribution in [3.8, 4) is 0 Å². The van der Waals surface area contributed by atoms with E-state index in [1.807, 2.05) is 6.08 Å². The largest absolute Gasteiger partial charge is 0.328 e. The standard InChI is InChI=1S/C11H14N2O3/c1-2-11(7-5-3-4-6-7)8(14)12-10(16)13-9(11)15/h5H,2-4,6H2,1H3,(H2,12,13,14,15,16). The molecule has 5 nitrogen and oxygen atoms in total. The van der Waals surface area contributed by atoms with Crippen LogP contribution in [0.25, 0.3) is 0 Å². The van der Waals surface area contributed by atoms with E-state index < -0.39 is 23.3 Å². The molecule has 1 fully saturated rings. The van der Waals surface area contributed by atoms with Crippen LogP contribution in [0, 0.1) is 5.41 Å². The van der Waals surface area contributed by atoms with Crippen molar-refractivity contribution >= 4 is 17.8 Å². The fraction of sp³-hybridized carbons (Fsp3) is 0.545. The molecule has 16 heavy (non-hydrogen) atoms. The number of amides is 4. The second-order valence-corrected chi connectivity index (χ2v) is 4.12. The summed E-state index contributed by atoms with van der Waals surface area (Å²) in [6.45, 7) is 1.79. The Labute approximate surface area is 93.3 Å². The van der Waals surface area contributed by atoms with Gasteiger partial charge in [0.2, 0.25) is 11.8 Å². The summed E-state index contributed by atoms with van der Waals surface area (Å²) >= 11 is 0. The van der Waals surface area contributed by atoms with Crippen LogP contribution in [0.5, 0.6) is 0 Å². The molecule has 0 saturated carbocycles. The normalized spacial score (nSPS) is 23.8. The lowest BCUT2D eigenvalue weighted by molar-refractivity contribution is -0.142. The Morgan fingerprint density at radius 2 is 1.88 bits per heavy atom. The van der Waals surface area contributed by atoms with Gasteiger partial charge in [-0.25, -0.2) is 4.79 Å². The molecule has 0 atom stereocenters. The molecule has 4 amide bonds. The quantitative estimate of drug-likeness (QED) is 0.537. The van der Waals surface area contributed by atoms with Crippen molar-refractivity contribution in [3.05, 3.63) is 11.6 Å². The van der Waals surface area contributed by atoms with Crippen LogP contribution in [0.15, 0.2) is 11.6 Å². The first kappa shape index (κ1) is 10.9. The van der Waals surface area contributed by atoms with Crippen LogP contribution in [-0.4, -0.2) is 17.8 Å². The Morgan fingerprint density at radius 1 is 1.25 bits per heavy atom. The van der Waals surface area contributed by atoms with Crippen molar-refractivity contribution in [3.63, 3.8) is 0 Å². The molecule has 1 saturated heterocycles. The molecule has 2 N–H and O–H groups in total. The maximum absolute atomic E-state index is 11.9. The van der Waals surface area contributed by atoms with Gasteiger partial charge >= 0.3 is 6.03 Å². The van der Waals surface area contributed by atoms with Gasteiger partial charge in [0.25, 0.3) is 0 Å². The first-order valence-corrected chi connectivity index (χ1v) is 5.47. The number of imide groups is 2. The van der Waals surface area contributed by atoms with Gasteiger partial charge < -0.3 is 0 Å². The topological polar surface area (TPSA) is 75.3 Å². The zero-order valence-corrected chi connectivity index (χ0v) is 9.13. The Hall–Kier alpha value is -1.65. The number of nitrogens with one attached hydrogen (secondary N) is 2. The summed E-state index contributed by atoms with van der Waals surface area (Å²) in [6, 6.07) is -0.724. The minimum absolute atomic E-state index is 0.379. The van der Waals surface area contributed by atoms with E-state index in [9.17, 15) is 14.4 Å². The lowest BCUT2D eigenvalue weighted by Crippen LogP contribution is -2.62. The summed E-state index contributed by atoms with van der Waals surface area (Å²) in [4.78, 5) is 34.9. The van der Waals surface area contributed by atoms with Crippen molar-refractivity contribution in [1.82, 2.24) is 10.6 Å². The van der Waals surface area contributed by atoms with E-state index in [-0.39, 0.29) is 0 Å². The van der Waals surface area contributed by atoms with Crippen molar-refractivity contribution < 1.29 is 14.4 Å². The summed E-state index contributed by atoms with van der Waals surface area (Å²) in [5.41, 5.74) is -0.317. The molecule has 2 rings (SSSR count). The zero-order valence-electron chi connectivity index (χ0n) is 9.13. The zero-order chi connectivity index (χ0) is 11.8. The van der Waals surface area contributed by atoms with Crippen LogP contribution in [0.4, 0.5) is 4.79 Å². The minimum Gasteiger partial charge on any atom is -0.277 e. The number of hydrogen-bond donors (Lipinski definition) is 2. The maximum atomic E-state index is 11.9. The van der Waals surface area contributed by atoms with Crippen LogP contribution in [0.1, 0.15) is 32.6 Å². The van der Waals surface area contributed by atoms with Crippen LogP contribution >= 0.6 is 0 Å². The molecule has 0 spiro atoms. The van der Waals surface area contributed by atoms with Crippen molar-refractivity contribution in [2.45, 2.75) is 32.6 Å². The fourth-order valence-corrected chi connectivity index (χ4v) is 2.45. The number of carbonyl (C=O) groups is 3. The van der Waals surface area contributed by atoms with Gasteiger partial charge in [0.15, 0.2) is 0 Å². The first-order chi connectivity index (χ1) is 7.61. The molecule has 86 valence electrons. The van der Waals surface area contributed by atoms with Crippen LogP contribution in [-0.2, 0) is 9.59 Å². The lowest BCUT2D eigenvalue weighted by Gasteiger charge is -2.34. The molecule has 0 aromatic rings. The average molecular weight is 222 g/mol. The second-order valence-electron chi connectivity index (χ2n) is 4.12. The van der Waals surface area contributed by atoms with Gasteiger partial charge in [-0.15, -0.1) is 0 Å². The van der Waals surface area contributed by atoms with E-state index in [1.165, 1.54) is 0 Å². The SMILES string of the molecule is CCC1(C2=CCCC2)C(=O)NC(=O)NC1=O. The van der Waals surface area contributed by atoms with Crippen LogP contribution in [0.3, 0.4) is 0 Å². The highest BCUT2D eigenvalue weighted by atomic mass is 16.2. The number of allylic oxidation sites excluding steroid dienone is 1. The van der Waals surface area contributed by atoms with E-state index in [4.69, 9.17) is 0 Å². The van der Waals surface area contributed by atoms with Crippen molar-refractivity contribution in [1.29, 1.82) is 0 Å². The van der Waals surface area contributed by atoms with Gasteiger partial charge in [0.05, 0.1) is 0 Å². The smallest absolute Gasteiger partial charge is 0.277 e. The van der Waals surface area contributed by atoms with Gasteiger partial charge in [0, 0.05) is 0 Å². The fourth-order valence-electron chi connectivity index (χ4n) is 2.45. The minimum atomic E-state index is -1.16. The molecule has 0 aromatic carbocycles. The second kappa shape index (κ2) is 3.73. The number of urea groups is 1. The van der Waals surface area contributed by atoms with E-state index in [0.717, 1.165) is 24.8 Å². The summed E-state index contributed by atoms with van der Waals surface area (Å²) in [5, 5.41) is 4.36. The van der Waals surface area contributed by atoms with Gasteiger partial charge in [-0.05, 0) is 31.3 Å². The Morgan fingerprint density at radius 3 is 2.31 bits per heavy atom. The Kier molecular flexibility index (Phi) is 2.53. The maximum Gasteiger partial charge on any atom is 0.328 e. The third-order valence-corrected chi connectivity index (χ3v) is 3.35. The molecule has 2 aliphatic rings. The number of barbiturate groups is 1. The molecule has 1 aliphatic heterocycles. The van der Waals surface area contributed by atoms with E-state index in [0.29, 0.717) is 6.42 Å². The highest BCUT2D eigenvalue weighted by molar-refractivity contribution is 6.21. The predicted molar refractivity (Wildman–Crippen MR) is 56.3 cm³/mol. The summed E-state index contributed by atoms with van der Waals surface area (Å²) in [5.74, 6) is -0.978. The van der Waals surface area contributed by atoms with Crippen molar-refractivity contribution in [2.24, 2.45) is 5.41 Å². The molecule has 1 heterocycles. The summed E-state index contributed by atoms with van der Waals surface area (Å²) in [6.07, 6.45) is 4.93. The van der Waals surface area contributed by atoms with Gasteiger partial charge in [-0.2, -0.15) is 0 Å². The monoisotopic (exact) mass is 222 g/mol. The Bertz CT molecular complexity index is 378. The number of rotatable bonds is 2. The molecule has 0 unspecified atom stereocenters. The van der Waals surface area contributed by atoms with E-state index >= 15 is 0 Å².